The van der Waals surface area contributed by atoms with E-state index in [0.717, 1.165) is 11.0 Å². The molecule has 0 atom stereocenters. The molecule has 17 heavy (non-hydrogen) atoms. The number of nitrogens with zero attached hydrogens (tertiary/aromatic N) is 2. The van der Waals surface area contributed by atoms with E-state index in [1.165, 1.54) is 11.8 Å². The zero-order chi connectivity index (χ0) is 12.3. The average molecular weight is 247 g/mol. The smallest absolute Gasteiger partial charge is 0.180 e. The van der Waals surface area contributed by atoms with Gasteiger partial charge in [0.05, 0.1) is 0 Å². The van der Waals surface area contributed by atoms with E-state index in [0.29, 0.717) is 16.6 Å². The summed E-state index contributed by atoms with van der Waals surface area (Å²) in [7, 11) is 0. The number of fused-ring (bicyclic) bond motifs is 1. The second-order valence-electron chi connectivity index (χ2n) is 3.48. The summed E-state index contributed by atoms with van der Waals surface area (Å²) in [6, 6.07) is 9.77. The van der Waals surface area contributed by atoms with E-state index in [1.54, 1.807) is 0 Å². The van der Waals surface area contributed by atoms with Gasteiger partial charge in [-0.3, -0.25) is 0 Å². The van der Waals surface area contributed by atoms with Crippen LogP contribution >= 0.6 is 11.8 Å². The Hall–Kier alpha value is -1.75. The number of benzene rings is 1. The Bertz CT molecular complexity index is 553. The topological polar surface area (TPSA) is 63.9 Å². The van der Waals surface area contributed by atoms with Gasteiger partial charge in [-0.15, -0.1) is 10.2 Å². The van der Waals surface area contributed by atoms with Crippen molar-refractivity contribution < 1.29 is 4.42 Å². The number of hydrogen-bond acceptors (Lipinski definition) is 4. The molecule has 1 heterocycles. The van der Waals surface area contributed by atoms with Crippen LogP contribution in [0.15, 0.2) is 45.0 Å². The molecular formula is C12H13N3OS. The normalized spacial score (nSPS) is 13.3. The lowest BCUT2D eigenvalue weighted by molar-refractivity contribution is 0.604. The van der Waals surface area contributed by atoms with Gasteiger partial charge in [0.25, 0.3) is 0 Å². The number of para-hydroxylation sites is 1. The third-order valence-corrected chi connectivity index (χ3v) is 2.79. The molecule has 5 heteroatoms. The van der Waals surface area contributed by atoms with Crippen LogP contribution in [0, 0.1) is 0 Å². The third-order valence-electron chi connectivity index (χ3n) is 2.29. The van der Waals surface area contributed by atoms with Gasteiger partial charge in [0, 0.05) is 5.39 Å². The van der Waals surface area contributed by atoms with E-state index in [2.05, 4.69) is 10.2 Å². The van der Waals surface area contributed by atoms with Crippen molar-refractivity contribution in [1.82, 2.24) is 0 Å². The van der Waals surface area contributed by atoms with Gasteiger partial charge in [-0.2, -0.15) is 0 Å². The van der Waals surface area contributed by atoms with Crippen LogP contribution in [0.2, 0.25) is 0 Å². The molecule has 1 aromatic carbocycles. The molecular weight excluding hydrogens is 234 g/mol. The van der Waals surface area contributed by atoms with Crippen molar-refractivity contribution in [2.75, 3.05) is 6.26 Å². The fraction of sp³-hybridized carbons (Fsp3) is 0.167. The lowest BCUT2D eigenvalue weighted by Gasteiger charge is -1.92. The van der Waals surface area contributed by atoms with E-state index < -0.39 is 0 Å². The Labute approximate surface area is 104 Å². The second-order valence-corrected chi connectivity index (χ2v) is 4.30. The summed E-state index contributed by atoms with van der Waals surface area (Å²) in [4.78, 5) is 0. The zero-order valence-corrected chi connectivity index (χ0v) is 10.5. The van der Waals surface area contributed by atoms with E-state index in [-0.39, 0.29) is 0 Å². The van der Waals surface area contributed by atoms with Crippen LogP contribution < -0.4 is 5.73 Å². The Balaban J connectivity index is 2.33. The van der Waals surface area contributed by atoms with Gasteiger partial charge in [-0.25, -0.2) is 0 Å². The van der Waals surface area contributed by atoms with Gasteiger partial charge in [-0.1, -0.05) is 30.0 Å². The first kappa shape index (κ1) is 11.7. The summed E-state index contributed by atoms with van der Waals surface area (Å²) >= 11 is 1.36. The number of amidine groups is 1. The highest BCUT2D eigenvalue weighted by molar-refractivity contribution is 8.13. The molecule has 0 unspecified atom stereocenters. The van der Waals surface area contributed by atoms with Crippen LogP contribution in [0.1, 0.15) is 12.7 Å². The summed E-state index contributed by atoms with van der Waals surface area (Å²) in [6.07, 6.45) is 1.85. The highest BCUT2D eigenvalue weighted by Crippen LogP contribution is 2.19. The molecule has 0 radical (unpaired) electrons. The van der Waals surface area contributed by atoms with Crippen LogP contribution in [0.4, 0.5) is 0 Å². The van der Waals surface area contributed by atoms with Crippen LogP contribution in [-0.2, 0) is 0 Å². The Kier molecular flexibility index (Phi) is 3.49. The number of nitrogens with two attached hydrogens (primary N) is 1. The van der Waals surface area contributed by atoms with Crippen molar-refractivity contribution >= 4 is 33.6 Å². The third kappa shape index (κ3) is 2.68. The Morgan fingerprint density at radius 3 is 2.76 bits per heavy atom. The van der Waals surface area contributed by atoms with Gasteiger partial charge in [0.2, 0.25) is 0 Å². The molecule has 0 aliphatic carbocycles. The van der Waals surface area contributed by atoms with E-state index in [1.807, 2.05) is 43.5 Å². The SMILES string of the molecule is CS/C(N)=N\N=C(C)c1cc2ccccc2o1. The van der Waals surface area contributed by atoms with Gasteiger partial charge in [0.15, 0.2) is 10.9 Å². The van der Waals surface area contributed by atoms with E-state index >= 15 is 0 Å². The maximum atomic E-state index is 5.65. The van der Waals surface area contributed by atoms with Crippen molar-refractivity contribution in [3.63, 3.8) is 0 Å². The molecule has 0 fully saturated rings. The summed E-state index contributed by atoms with van der Waals surface area (Å²) in [5.74, 6) is 0.712. The molecule has 2 rings (SSSR count). The lowest BCUT2D eigenvalue weighted by Crippen LogP contribution is -2.04. The number of rotatable bonds is 2. The van der Waals surface area contributed by atoms with E-state index in [9.17, 15) is 0 Å². The number of thioether (sulfide) groups is 1. The van der Waals surface area contributed by atoms with Crippen LogP contribution in [0.3, 0.4) is 0 Å². The largest absolute Gasteiger partial charge is 0.455 e. The summed E-state index contributed by atoms with van der Waals surface area (Å²) < 4.78 is 5.65. The first-order valence-corrected chi connectivity index (χ1v) is 6.34. The van der Waals surface area contributed by atoms with Crippen molar-refractivity contribution in [2.24, 2.45) is 15.9 Å². The maximum absolute atomic E-state index is 5.65. The van der Waals surface area contributed by atoms with Gasteiger partial charge >= 0.3 is 0 Å². The molecule has 0 saturated heterocycles. The molecule has 0 aliphatic rings. The summed E-state index contributed by atoms with van der Waals surface area (Å²) in [5, 5.41) is 9.39. The van der Waals surface area contributed by atoms with E-state index in [4.69, 9.17) is 10.2 Å². The monoisotopic (exact) mass is 247 g/mol. The molecule has 2 aromatic rings. The van der Waals surface area contributed by atoms with Gasteiger partial charge < -0.3 is 10.2 Å². The van der Waals surface area contributed by atoms with Crippen LogP contribution in [0.25, 0.3) is 11.0 Å². The molecule has 4 nitrogen and oxygen atoms in total. The fourth-order valence-corrected chi connectivity index (χ4v) is 1.50. The Morgan fingerprint density at radius 2 is 2.06 bits per heavy atom. The number of furan rings is 1. The molecule has 0 aliphatic heterocycles. The minimum absolute atomic E-state index is 0.431. The van der Waals surface area contributed by atoms with Crippen LogP contribution in [0.5, 0.6) is 0 Å². The van der Waals surface area contributed by atoms with Crippen molar-refractivity contribution in [3.05, 3.63) is 36.1 Å². The highest BCUT2D eigenvalue weighted by atomic mass is 32.2. The van der Waals surface area contributed by atoms with Gasteiger partial charge in [-0.05, 0) is 25.3 Å². The standard InChI is InChI=1S/C12H13N3OS/c1-8(14-15-12(13)17-2)11-7-9-5-3-4-6-10(9)16-11/h3-7H,1-2H3,(H2,13,15). The zero-order valence-electron chi connectivity index (χ0n) is 9.68. The summed E-state index contributed by atoms with van der Waals surface area (Å²) in [5.41, 5.74) is 7.10. The van der Waals surface area contributed by atoms with Crippen molar-refractivity contribution in [1.29, 1.82) is 0 Å². The highest BCUT2D eigenvalue weighted by Gasteiger charge is 2.05. The molecule has 0 spiro atoms. The number of hydrogen-bond donors (Lipinski definition) is 1. The van der Waals surface area contributed by atoms with Crippen molar-refractivity contribution in [2.45, 2.75) is 6.92 Å². The van der Waals surface area contributed by atoms with Crippen LogP contribution in [-0.4, -0.2) is 17.1 Å². The van der Waals surface area contributed by atoms with Gasteiger partial charge in [0.1, 0.15) is 11.3 Å². The minimum Gasteiger partial charge on any atom is -0.455 e. The first-order valence-electron chi connectivity index (χ1n) is 5.11. The second kappa shape index (κ2) is 5.05. The predicted molar refractivity (Wildman–Crippen MR) is 73.6 cm³/mol. The first-order chi connectivity index (χ1) is 8.20. The Morgan fingerprint density at radius 1 is 1.29 bits per heavy atom. The molecule has 0 bridgehead atoms. The predicted octanol–water partition coefficient (Wildman–Crippen LogP) is 2.83. The minimum atomic E-state index is 0.431. The lowest BCUT2D eigenvalue weighted by atomic mass is 10.2. The fourth-order valence-electron chi connectivity index (χ4n) is 1.37. The molecule has 0 amide bonds. The summed E-state index contributed by atoms with van der Waals surface area (Å²) in [6.45, 7) is 1.84. The molecule has 0 saturated carbocycles. The molecule has 88 valence electrons. The van der Waals surface area contributed by atoms with Crippen molar-refractivity contribution in [3.8, 4) is 0 Å². The average Bonchev–Trinajstić information content (AvgIpc) is 2.79. The molecule has 2 N–H and O–H groups in total. The maximum Gasteiger partial charge on any atom is 0.180 e. The quantitative estimate of drug-likeness (QED) is 0.504. The molecule has 1 aromatic heterocycles.